The van der Waals surface area contributed by atoms with E-state index in [4.69, 9.17) is 0 Å². The molecule has 0 aliphatic heterocycles. The zero-order valence-electron chi connectivity index (χ0n) is 11.3. The van der Waals surface area contributed by atoms with Gasteiger partial charge in [-0.15, -0.1) is 0 Å². The molecule has 0 aliphatic carbocycles. The summed E-state index contributed by atoms with van der Waals surface area (Å²) in [6.45, 7) is 10.4. The van der Waals surface area contributed by atoms with E-state index in [9.17, 15) is 0 Å². The summed E-state index contributed by atoms with van der Waals surface area (Å²) in [5.74, 6) is 0. The topological polar surface area (TPSA) is 25.8 Å². The van der Waals surface area contributed by atoms with Crippen molar-refractivity contribution in [3.8, 4) is 0 Å². The van der Waals surface area contributed by atoms with Crippen LogP contribution in [0.2, 0.25) is 0 Å². The highest BCUT2D eigenvalue weighted by atomic mass is 14.6. The first-order chi connectivity index (χ1) is 8.02. The predicted molar refractivity (Wildman–Crippen MR) is 72.2 cm³/mol. The molecule has 0 aromatic carbocycles. The SMILES string of the molecule is Cc1ccncc1C.Cc1cncc(C)c1C. The zero-order chi connectivity index (χ0) is 12.8. The maximum absolute atomic E-state index is 4.04. The van der Waals surface area contributed by atoms with Crippen LogP contribution in [0.1, 0.15) is 27.8 Å². The fraction of sp³-hybridized carbons (Fsp3) is 0.333. The first kappa shape index (κ1) is 13.4. The Labute approximate surface area is 104 Å². The van der Waals surface area contributed by atoms with Gasteiger partial charge in [0.15, 0.2) is 0 Å². The van der Waals surface area contributed by atoms with Crippen molar-refractivity contribution >= 4 is 0 Å². The monoisotopic (exact) mass is 228 g/mol. The van der Waals surface area contributed by atoms with Crippen molar-refractivity contribution in [2.75, 3.05) is 0 Å². The molecule has 0 atom stereocenters. The molecule has 17 heavy (non-hydrogen) atoms. The van der Waals surface area contributed by atoms with Crippen LogP contribution in [-0.4, -0.2) is 9.97 Å². The minimum atomic E-state index is 1.26. The number of rotatable bonds is 0. The molecule has 0 spiro atoms. The molecule has 0 saturated heterocycles. The second kappa shape index (κ2) is 6.14. The molecular weight excluding hydrogens is 208 g/mol. The Morgan fingerprint density at radius 1 is 0.647 bits per heavy atom. The number of nitrogens with zero attached hydrogens (tertiary/aromatic N) is 2. The van der Waals surface area contributed by atoms with Gasteiger partial charge in [-0.2, -0.15) is 0 Å². The normalized spacial score (nSPS) is 9.47. The minimum absolute atomic E-state index is 1.26. The third-order valence-corrected chi connectivity index (χ3v) is 3.02. The fourth-order valence-corrected chi connectivity index (χ4v) is 1.31. The van der Waals surface area contributed by atoms with Gasteiger partial charge in [-0.25, -0.2) is 0 Å². The molecular formula is C15H20N2. The van der Waals surface area contributed by atoms with Crippen molar-refractivity contribution in [2.24, 2.45) is 0 Å². The summed E-state index contributed by atoms with van der Waals surface area (Å²) >= 11 is 0. The lowest BCUT2D eigenvalue weighted by atomic mass is 10.1. The Kier molecular flexibility index (Phi) is 4.83. The first-order valence-electron chi connectivity index (χ1n) is 5.77. The van der Waals surface area contributed by atoms with Crippen LogP contribution in [0.3, 0.4) is 0 Å². The van der Waals surface area contributed by atoms with Crippen LogP contribution in [0.25, 0.3) is 0 Å². The third-order valence-electron chi connectivity index (χ3n) is 3.02. The lowest BCUT2D eigenvalue weighted by Crippen LogP contribution is -1.86. The average molecular weight is 228 g/mol. The Balaban J connectivity index is 0.000000171. The van der Waals surface area contributed by atoms with Crippen molar-refractivity contribution in [1.29, 1.82) is 0 Å². The standard InChI is InChI=1S/C8H11N.C7H9N/c1-6-4-9-5-7(2)8(6)3;1-6-3-4-8-5-7(6)2/h4-5H,1-3H3;3-5H,1-2H3. The van der Waals surface area contributed by atoms with E-state index in [-0.39, 0.29) is 0 Å². The molecule has 0 aliphatic rings. The molecule has 0 amide bonds. The summed E-state index contributed by atoms with van der Waals surface area (Å²) in [4.78, 5) is 7.99. The van der Waals surface area contributed by atoms with Crippen molar-refractivity contribution in [3.63, 3.8) is 0 Å². The van der Waals surface area contributed by atoms with Crippen molar-refractivity contribution in [3.05, 3.63) is 58.7 Å². The van der Waals surface area contributed by atoms with Gasteiger partial charge in [0.25, 0.3) is 0 Å². The molecule has 2 aromatic rings. The smallest absolute Gasteiger partial charge is 0.0299 e. The zero-order valence-corrected chi connectivity index (χ0v) is 11.3. The second-order valence-electron chi connectivity index (χ2n) is 4.36. The molecule has 0 bridgehead atoms. The van der Waals surface area contributed by atoms with Gasteiger partial charge >= 0.3 is 0 Å². The van der Waals surface area contributed by atoms with Gasteiger partial charge in [0.1, 0.15) is 0 Å². The quantitative estimate of drug-likeness (QED) is 0.687. The highest BCUT2D eigenvalue weighted by Crippen LogP contribution is 2.07. The third kappa shape index (κ3) is 3.99. The first-order valence-corrected chi connectivity index (χ1v) is 5.77. The fourth-order valence-electron chi connectivity index (χ4n) is 1.31. The highest BCUT2D eigenvalue weighted by molar-refractivity contribution is 5.27. The van der Waals surface area contributed by atoms with Crippen molar-refractivity contribution in [1.82, 2.24) is 9.97 Å². The highest BCUT2D eigenvalue weighted by Gasteiger charge is 1.93. The lowest BCUT2D eigenvalue weighted by Gasteiger charge is -1.99. The average Bonchev–Trinajstić information content (AvgIpc) is 2.31. The summed E-state index contributed by atoms with van der Waals surface area (Å²) in [6.07, 6.45) is 7.46. The predicted octanol–water partition coefficient (Wildman–Crippen LogP) is 3.71. The maximum atomic E-state index is 4.04. The van der Waals surface area contributed by atoms with Crippen LogP contribution in [-0.2, 0) is 0 Å². The number of aromatic nitrogens is 2. The summed E-state index contributed by atoms with van der Waals surface area (Å²) in [7, 11) is 0. The minimum Gasteiger partial charge on any atom is -0.264 e. The van der Waals surface area contributed by atoms with E-state index in [1.807, 2.05) is 30.9 Å². The van der Waals surface area contributed by atoms with E-state index in [1.54, 1.807) is 0 Å². The van der Waals surface area contributed by atoms with Crippen molar-refractivity contribution in [2.45, 2.75) is 34.6 Å². The van der Waals surface area contributed by atoms with Gasteiger partial charge in [-0.3, -0.25) is 9.97 Å². The molecule has 0 fully saturated rings. The molecule has 0 N–H and O–H groups in total. The van der Waals surface area contributed by atoms with Gasteiger partial charge in [0.05, 0.1) is 0 Å². The Bertz CT molecular complexity index is 449. The summed E-state index contributed by atoms with van der Waals surface area (Å²) in [5.41, 5.74) is 6.46. The number of hydrogen-bond donors (Lipinski definition) is 0. The van der Waals surface area contributed by atoms with Gasteiger partial charge in [-0.1, -0.05) is 0 Å². The molecule has 0 radical (unpaired) electrons. The van der Waals surface area contributed by atoms with E-state index < -0.39 is 0 Å². The van der Waals surface area contributed by atoms with Crippen LogP contribution < -0.4 is 0 Å². The van der Waals surface area contributed by atoms with Gasteiger partial charge in [0, 0.05) is 24.8 Å². The Morgan fingerprint density at radius 2 is 1.18 bits per heavy atom. The molecule has 2 rings (SSSR count). The molecule has 2 heteroatoms. The van der Waals surface area contributed by atoms with Crippen LogP contribution >= 0.6 is 0 Å². The largest absolute Gasteiger partial charge is 0.264 e. The summed E-state index contributed by atoms with van der Waals surface area (Å²) in [6, 6.07) is 2.01. The van der Waals surface area contributed by atoms with Gasteiger partial charge in [0.2, 0.25) is 0 Å². The van der Waals surface area contributed by atoms with Crippen LogP contribution in [0.4, 0.5) is 0 Å². The van der Waals surface area contributed by atoms with Crippen molar-refractivity contribution < 1.29 is 0 Å². The maximum Gasteiger partial charge on any atom is 0.0299 e. The van der Waals surface area contributed by atoms with E-state index in [0.29, 0.717) is 0 Å². The van der Waals surface area contributed by atoms with Crippen LogP contribution in [0.5, 0.6) is 0 Å². The number of hydrogen-bond acceptors (Lipinski definition) is 2. The van der Waals surface area contributed by atoms with Gasteiger partial charge in [-0.05, 0) is 68.5 Å². The number of pyridine rings is 2. The Hall–Kier alpha value is -1.70. The van der Waals surface area contributed by atoms with Gasteiger partial charge < -0.3 is 0 Å². The number of aryl methyl sites for hydroxylation is 4. The molecule has 2 heterocycles. The van der Waals surface area contributed by atoms with E-state index in [2.05, 4.69) is 44.6 Å². The van der Waals surface area contributed by atoms with E-state index in [0.717, 1.165) is 0 Å². The van der Waals surface area contributed by atoms with Crippen LogP contribution in [0, 0.1) is 34.6 Å². The van der Waals surface area contributed by atoms with E-state index >= 15 is 0 Å². The lowest BCUT2D eigenvalue weighted by molar-refractivity contribution is 1.16. The molecule has 90 valence electrons. The van der Waals surface area contributed by atoms with E-state index in [1.165, 1.54) is 27.8 Å². The summed E-state index contributed by atoms with van der Waals surface area (Å²) in [5, 5.41) is 0. The summed E-state index contributed by atoms with van der Waals surface area (Å²) < 4.78 is 0. The molecule has 0 saturated carbocycles. The van der Waals surface area contributed by atoms with Crippen LogP contribution in [0.15, 0.2) is 30.9 Å². The Morgan fingerprint density at radius 3 is 1.53 bits per heavy atom. The molecule has 2 nitrogen and oxygen atoms in total. The molecule has 0 unspecified atom stereocenters. The molecule has 2 aromatic heterocycles. The second-order valence-corrected chi connectivity index (χ2v) is 4.36.